The second-order valence-corrected chi connectivity index (χ2v) is 30.5. The molecule has 8 aromatic carbocycles. The van der Waals surface area contributed by atoms with E-state index in [1.54, 1.807) is 5.56 Å². The summed E-state index contributed by atoms with van der Waals surface area (Å²) in [4.78, 5) is 5.42. The number of anilines is 6. The molecule has 1 spiro atoms. The van der Waals surface area contributed by atoms with E-state index in [-0.39, 0.29) is 39.2 Å². The number of benzene rings is 8. The Balaban J connectivity index is 1.14. The first-order valence-corrected chi connectivity index (χ1v) is 30.7. The normalized spacial score (nSPS) is 15.7. The second-order valence-electron chi connectivity index (χ2n) is 29.4. The highest BCUT2D eigenvalue weighted by atomic mass is 32.1. The lowest BCUT2D eigenvalue weighted by Gasteiger charge is -2.44. The minimum atomic E-state index is -0.0541. The van der Waals surface area contributed by atoms with Gasteiger partial charge in [0.2, 0.25) is 0 Å². The summed E-state index contributed by atoms with van der Waals surface area (Å²) in [5, 5.41) is 1.35. The van der Waals surface area contributed by atoms with E-state index in [0.717, 1.165) is 5.69 Å². The van der Waals surface area contributed by atoms with Crippen molar-refractivity contribution in [3.63, 3.8) is 0 Å². The first-order valence-electron chi connectivity index (χ1n) is 29.9. The Morgan fingerprint density at radius 3 is 1.50 bits per heavy atom. The molecule has 0 bridgehead atoms. The van der Waals surface area contributed by atoms with Crippen molar-refractivity contribution in [1.29, 1.82) is 0 Å². The minimum absolute atomic E-state index is 0.00344. The predicted molar refractivity (Wildman–Crippen MR) is 350 cm³/mol. The van der Waals surface area contributed by atoms with Crippen LogP contribution in [0.5, 0.6) is 0 Å². The van der Waals surface area contributed by atoms with Crippen LogP contribution in [-0.4, -0.2) is 6.71 Å². The van der Waals surface area contributed by atoms with Crippen LogP contribution < -0.4 is 25.5 Å². The zero-order valence-electron chi connectivity index (χ0n) is 50.4. The van der Waals surface area contributed by atoms with Crippen LogP contribution in [0.1, 0.15) is 175 Å². The molecular formula is C76H81BN2S. The molecule has 1 aromatic heterocycles. The minimum Gasteiger partial charge on any atom is -0.311 e. The van der Waals surface area contributed by atoms with Crippen molar-refractivity contribution in [2.75, 3.05) is 9.80 Å². The molecule has 404 valence electrons. The van der Waals surface area contributed by atoms with Crippen LogP contribution in [0, 0.1) is 0 Å². The van der Waals surface area contributed by atoms with Crippen LogP contribution in [0.2, 0.25) is 0 Å². The van der Waals surface area contributed by atoms with Crippen molar-refractivity contribution < 1.29 is 0 Å². The number of hydrogen-bond donors (Lipinski definition) is 0. The maximum Gasteiger partial charge on any atom is 0.264 e. The van der Waals surface area contributed by atoms with Crippen LogP contribution in [0.3, 0.4) is 0 Å². The summed E-state index contributed by atoms with van der Waals surface area (Å²) in [6, 6.07) is 63.2. The van der Waals surface area contributed by atoms with Gasteiger partial charge in [-0.05, 0) is 166 Å². The standard InChI is InChI=1S/C76H81BN2S/c1-71(2,3)51-28-22-47(23-29-51)48-26-35-56(36-27-48)78-62-38-33-55(75(13,14)15)46-61(62)77-68-64(78)42-50(49-24-30-52(31-25-49)72(4,5)6)43-65(68)79(69-58-44-53(73(7,8)9)34-39-66(58)80-70(69)77)63-21-19-20-59-67(63)57-37-32-54(74(10,11)12)45-60(57)76(59)40-17-16-18-41-76/h19-39,42-46H,16-18,40-41H2,1-15H3. The summed E-state index contributed by atoms with van der Waals surface area (Å²) in [6.45, 7) is 35.2. The van der Waals surface area contributed by atoms with Gasteiger partial charge in [0.05, 0.1) is 11.4 Å². The molecule has 4 aliphatic rings. The summed E-state index contributed by atoms with van der Waals surface area (Å²) in [5.74, 6) is 0. The quantitative estimate of drug-likeness (QED) is 0.162. The van der Waals surface area contributed by atoms with Gasteiger partial charge < -0.3 is 9.80 Å². The fourth-order valence-electron chi connectivity index (χ4n) is 14.1. The molecule has 0 atom stereocenters. The summed E-state index contributed by atoms with van der Waals surface area (Å²) in [6.07, 6.45) is 6.18. The van der Waals surface area contributed by atoms with E-state index in [1.165, 1.54) is 153 Å². The van der Waals surface area contributed by atoms with Gasteiger partial charge >= 0.3 is 0 Å². The summed E-state index contributed by atoms with van der Waals surface area (Å²) in [5.41, 5.74) is 28.0. The smallest absolute Gasteiger partial charge is 0.264 e. The number of nitrogens with zero attached hydrogens (tertiary/aromatic N) is 2. The molecule has 3 heterocycles. The lowest BCUT2D eigenvalue weighted by atomic mass is 9.36. The van der Waals surface area contributed by atoms with Crippen molar-refractivity contribution in [2.24, 2.45) is 0 Å². The Labute approximate surface area is 483 Å². The zero-order valence-corrected chi connectivity index (χ0v) is 51.2. The molecule has 0 N–H and O–H groups in total. The third-order valence-electron chi connectivity index (χ3n) is 18.9. The number of rotatable bonds is 4. The highest BCUT2D eigenvalue weighted by Crippen LogP contribution is 2.61. The summed E-state index contributed by atoms with van der Waals surface area (Å²) in [7, 11) is 0. The second kappa shape index (κ2) is 18.2. The van der Waals surface area contributed by atoms with E-state index >= 15 is 0 Å². The lowest BCUT2D eigenvalue weighted by Crippen LogP contribution is -2.60. The average molecular weight is 1070 g/mol. The number of hydrogen-bond acceptors (Lipinski definition) is 3. The molecule has 9 aromatic rings. The summed E-state index contributed by atoms with van der Waals surface area (Å²) < 4.78 is 2.77. The lowest BCUT2D eigenvalue weighted by molar-refractivity contribution is 0.352. The van der Waals surface area contributed by atoms with Crippen LogP contribution >= 0.6 is 11.3 Å². The Hall–Kier alpha value is -6.62. The summed E-state index contributed by atoms with van der Waals surface area (Å²) >= 11 is 2.02. The molecule has 2 aliphatic carbocycles. The molecule has 0 amide bonds. The van der Waals surface area contributed by atoms with Crippen molar-refractivity contribution in [1.82, 2.24) is 0 Å². The van der Waals surface area contributed by atoms with Gasteiger partial charge in [-0.3, -0.25) is 0 Å². The van der Waals surface area contributed by atoms with Gasteiger partial charge in [-0.25, -0.2) is 0 Å². The van der Waals surface area contributed by atoms with E-state index < -0.39 is 0 Å². The van der Waals surface area contributed by atoms with E-state index in [2.05, 4.69) is 271 Å². The van der Waals surface area contributed by atoms with Crippen LogP contribution in [0.4, 0.5) is 34.1 Å². The molecule has 4 heteroatoms. The maximum absolute atomic E-state index is 2.80. The zero-order chi connectivity index (χ0) is 56.2. The van der Waals surface area contributed by atoms with Gasteiger partial charge in [0.15, 0.2) is 0 Å². The topological polar surface area (TPSA) is 6.48 Å². The Bertz CT molecular complexity index is 3920. The van der Waals surface area contributed by atoms with Crippen molar-refractivity contribution in [3.8, 4) is 33.4 Å². The monoisotopic (exact) mass is 1060 g/mol. The molecule has 13 rings (SSSR count). The average Bonchev–Trinajstić information content (AvgIpc) is 3.96. The Kier molecular flexibility index (Phi) is 12.0. The molecule has 0 unspecified atom stereocenters. The molecule has 1 saturated carbocycles. The highest BCUT2D eigenvalue weighted by molar-refractivity contribution is 7.33. The first kappa shape index (κ1) is 52.7. The predicted octanol–water partition coefficient (Wildman–Crippen LogP) is 20.0. The highest BCUT2D eigenvalue weighted by Gasteiger charge is 2.50. The fourth-order valence-corrected chi connectivity index (χ4v) is 15.4. The first-order chi connectivity index (χ1) is 37.8. The van der Waals surface area contributed by atoms with E-state index in [9.17, 15) is 0 Å². The molecule has 0 radical (unpaired) electrons. The van der Waals surface area contributed by atoms with Gasteiger partial charge in [-0.1, -0.05) is 232 Å². The van der Waals surface area contributed by atoms with Crippen molar-refractivity contribution in [2.45, 2.75) is 168 Å². The van der Waals surface area contributed by atoms with E-state index in [1.807, 2.05) is 11.3 Å². The Morgan fingerprint density at radius 1 is 0.412 bits per heavy atom. The third kappa shape index (κ3) is 8.47. The molecule has 1 fully saturated rings. The van der Waals surface area contributed by atoms with Crippen LogP contribution in [-0.2, 0) is 32.5 Å². The van der Waals surface area contributed by atoms with Crippen LogP contribution in [0.25, 0.3) is 43.5 Å². The molecule has 80 heavy (non-hydrogen) atoms. The Morgan fingerprint density at radius 2 is 0.912 bits per heavy atom. The van der Waals surface area contributed by atoms with Crippen molar-refractivity contribution >= 4 is 78.0 Å². The molecular weight excluding hydrogens is 984 g/mol. The molecule has 0 saturated heterocycles. The van der Waals surface area contributed by atoms with Gasteiger partial charge in [0.25, 0.3) is 6.71 Å². The van der Waals surface area contributed by atoms with E-state index in [0.29, 0.717) is 0 Å². The SMILES string of the molecule is CC(C)(C)c1ccc(-c2ccc(N3c4ccc(C(C)(C)C)cc4B4c5sc6ccc(C(C)(C)C)cc6c5N(c5cccc6c5-c5ccc(C(C)(C)C)cc5C65CCCCC5)c5cc(-c6ccc(C(C)(C)C)cc6)cc3c54)cc2)cc1. The van der Waals surface area contributed by atoms with Crippen LogP contribution in [0.15, 0.2) is 158 Å². The largest absolute Gasteiger partial charge is 0.311 e. The van der Waals surface area contributed by atoms with Gasteiger partial charge in [-0.2, -0.15) is 0 Å². The van der Waals surface area contributed by atoms with E-state index in [4.69, 9.17) is 0 Å². The number of thiophene rings is 1. The third-order valence-corrected chi connectivity index (χ3v) is 20.1. The van der Waals surface area contributed by atoms with Gasteiger partial charge in [-0.15, -0.1) is 11.3 Å². The number of fused-ring (bicyclic) bond motifs is 11. The maximum atomic E-state index is 2.80. The molecule has 2 nitrogen and oxygen atoms in total. The van der Waals surface area contributed by atoms with Gasteiger partial charge in [0, 0.05) is 48.6 Å². The van der Waals surface area contributed by atoms with Crippen molar-refractivity contribution in [3.05, 3.63) is 197 Å². The molecule has 2 aliphatic heterocycles. The fraction of sp³-hybridized carbons (Fsp3) is 0.342. The van der Waals surface area contributed by atoms with Gasteiger partial charge in [0.1, 0.15) is 0 Å².